The van der Waals surface area contributed by atoms with Gasteiger partial charge in [-0.05, 0) is 131 Å². The zero-order chi connectivity index (χ0) is 41.9. The third kappa shape index (κ3) is 5.02. The first-order valence-electron chi connectivity index (χ1n) is 22.2. The second kappa shape index (κ2) is 13.5. The average Bonchev–Trinajstić information content (AvgIpc) is 3.88. The first-order valence-corrected chi connectivity index (χ1v) is 22.2. The van der Waals surface area contributed by atoms with Crippen LogP contribution in [-0.2, 0) is 0 Å². The second-order valence-corrected chi connectivity index (χ2v) is 17.2. The van der Waals surface area contributed by atoms with Crippen molar-refractivity contribution >= 4 is 97.5 Å². The van der Waals surface area contributed by atoms with Gasteiger partial charge in [-0.3, -0.25) is 0 Å². The summed E-state index contributed by atoms with van der Waals surface area (Å²) in [6, 6.07) is 85.3. The van der Waals surface area contributed by atoms with Gasteiger partial charge in [-0.1, -0.05) is 170 Å². The van der Waals surface area contributed by atoms with Gasteiger partial charge in [-0.2, -0.15) is 0 Å². The van der Waals surface area contributed by atoms with Crippen LogP contribution in [0.1, 0.15) is 0 Å². The standard InChI is InChI=1S/C62H38N2/c1-2-19-44-39(15-1)16-14-30-57(44)64-59-29-12-10-25-50(59)55-37-41(32-34-61(55)64)40-31-33-60-54(36-40)49-24-9-11-28-58(49)63(60)43-18-13-17-42(35-43)53-38-56-47-22-4-3-20-45(47)46-21-5-7-26-51(46)62(56)52-27-8-6-23-48(52)53/h1-38H. The summed E-state index contributed by atoms with van der Waals surface area (Å²) in [7, 11) is 0. The Morgan fingerprint density at radius 3 is 1.39 bits per heavy atom. The van der Waals surface area contributed by atoms with Gasteiger partial charge in [0.05, 0.1) is 27.8 Å². The van der Waals surface area contributed by atoms with E-state index in [2.05, 4.69) is 240 Å². The molecule has 0 fully saturated rings. The van der Waals surface area contributed by atoms with Crippen LogP contribution in [0.5, 0.6) is 0 Å². The van der Waals surface area contributed by atoms with Crippen molar-refractivity contribution in [3.8, 4) is 33.6 Å². The van der Waals surface area contributed by atoms with Crippen LogP contribution in [0.3, 0.4) is 0 Å². The summed E-state index contributed by atoms with van der Waals surface area (Å²) in [6.45, 7) is 0. The molecule has 2 nitrogen and oxygen atoms in total. The molecule has 2 heterocycles. The fraction of sp³-hybridized carbons (Fsp3) is 0. The molecule has 0 aliphatic carbocycles. The minimum Gasteiger partial charge on any atom is -0.309 e. The van der Waals surface area contributed by atoms with Gasteiger partial charge in [0.1, 0.15) is 0 Å². The minimum atomic E-state index is 1.15. The lowest BCUT2D eigenvalue weighted by atomic mass is 9.87. The van der Waals surface area contributed by atoms with Crippen molar-refractivity contribution in [2.45, 2.75) is 0 Å². The van der Waals surface area contributed by atoms with E-state index in [-0.39, 0.29) is 0 Å². The summed E-state index contributed by atoms with van der Waals surface area (Å²) in [5.74, 6) is 0. The first kappa shape index (κ1) is 35.2. The number of para-hydroxylation sites is 2. The summed E-state index contributed by atoms with van der Waals surface area (Å²) >= 11 is 0. The SMILES string of the molecule is c1cc(-c2cc3c4ccccc4c4ccccc4c3c3ccccc23)cc(-n2c3ccccc3c3cc(-c4ccc5c(c4)c4ccccc4n5-c4cccc5ccccc45)ccc32)c1. The molecule has 14 rings (SSSR count). The van der Waals surface area contributed by atoms with Crippen molar-refractivity contribution in [3.05, 3.63) is 231 Å². The number of aromatic nitrogens is 2. The van der Waals surface area contributed by atoms with Gasteiger partial charge in [0, 0.05) is 32.6 Å². The van der Waals surface area contributed by atoms with E-state index in [9.17, 15) is 0 Å². The zero-order valence-corrected chi connectivity index (χ0v) is 34.8. The van der Waals surface area contributed by atoms with Gasteiger partial charge in [-0.15, -0.1) is 0 Å². The number of hydrogen-bond donors (Lipinski definition) is 0. The van der Waals surface area contributed by atoms with E-state index < -0.39 is 0 Å². The zero-order valence-electron chi connectivity index (χ0n) is 34.8. The van der Waals surface area contributed by atoms with Crippen LogP contribution in [0.25, 0.3) is 131 Å². The molecular formula is C62H38N2. The largest absolute Gasteiger partial charge is 0.309 e. The normalized spacial score (nSPS) is 12.1. The van der Waals surface area contributed by atoms with Crippen molar-refractivity contribution < 1.29 is 0 Å². The Kier molecular flexibility index (Phi) is 7.43. The summed E-state index contributed by atoms with van der Waals surface area (Å²) in [6.07, 6.45) is 0. The third-order valence-electron chi connectivity index (χ3n) is 13.8. The summed E-state index contributed by atoms with van der Waals surface area (Å²) < 4.78 is 4.89. The van der Waals surface area contributed by atoms with Gasteiger partial charge >= 0.3 is 0 Å². The lowest BCUT2D eigenvalue weighted by Gasteiger charge is -2.17. The molecule has 14 aromatic rings. The molecule has 0 radical (unpaired) electrons. The quantitative estimate of drug-likeness (QED) is 0.157. The third-order valence-corrected chi connectivity index (χ3v) is 13.8. The van der Waals surface area contributed by atoms with Crippen LogP contribution >= 0.6 is 0 Å². The lowest BCUT2D eigenvalue weighted by molar-refractivity contribution is 1.18. The second-order valence-electron chi connectivity index (χ2n) is 17.2. The maximum absolute atomic E-state index is 2.45. The molecule has 0 amide bonds. The van der Waals surface area contributed by atoms with Crippen LogP contribution in [-0.4, -0.2) is 9.13 Å². The van der Waals surface area contributed by atoms with E-state index in [1.165, 1.54) is 125 Å². The first-order chi connectivity index (χ1) is 31.8. The summed E-state index contributed by atoms with van der Waals surface area (Å²) in [5.41, 5.74) is 12.0. The maximum atomic E-state index is 2.45. The van der Waals surface area contributed by atoms with Crippen LogP contribution in [0.15, 0.2) is 231 Å². The summed E-state index contributed by atoms with van der Waals surface area (Å²) in [4.78, 5) is 0. The van der Waals surface area contributed by atoms with Crippen LogP contribution < -0.4 is 0 Å². The molecule has 0 aliphatic rings. The molecule has 0 atom stereocenters. The predicted octanol–water partition coefficient (Wildman–Crippen LogP) is 17.0. The Morgan fingerprint density at radius 2 is 0.703 bits per heavy atom. The van der Waals surface area contributed by atoms with Gasteiger partial charge in [0.25, 0.3) is 0 Å². The molecule has 0 N–H and O–H groups in total. The van der Waals surface area contributed by atoms with Crippen LogP contribution in [0.2, 0.25) is 0 Å². The van der Waals surface area contributed by atoms with Crippen molar-refractivity contribution in [3.63, 3.8) is 0 Å². The maximum Gasteiger partial charge on any atom is 0.0541 e. The highest BCUT2D eigenvalue weighted by Gasteiger charge is 2.19. The molecule has 296 valence electrons. The molecule has 0 saturated heterocycles. The average molecular weight is 811 g/mol. The van der Waals surface area contributed by atoms with Gasteiger partial charge in [-0.25, -0.2) is 0 Å². The molecule has 0 aliphatic heterocycles. The van der Waals surface area contributed by atoms with Gasteiger partial charge in [0.2, 0.25) is 0 Å². The fourth-order valence-electron chi connectivity index (χ4n) is 11.1. The summed E-state index contributed by atoms with van der Waals surface area (Å²) in [5, 5.41) is 17.8. The number of benzene rings is 12. The van der Waals surface area contributed by atoms with Crippen LogP contribution in [0, 0.1) is 0 Å². The molecule has 0 spiro atoms. The Labute approximate surface area is 369 Å². The highest BCUT2D eigenvalue weighted by molar-refractivity contribution is 6.33. The molecule has 2 heteroatoms. The van der Waals surface area contributed by atoms with E-state index in [4.69, 9.17) is 0 Å². The number of hydrogen-bond acceptors (Lipinski definition) is 0. The molecule has 0 unspecified atom stereocenters. The Bertz CT molecular complexity index is 4250. The molecular weight excluding hydrogens is 773 g/mol. The van der Waals surface area contributed by atoms with E-state index in [1.807, 2.05) is 0 Å². The smallest absolute Gasteiger partial charge is 0.0541 e. The van der Waals surface area contributed by atoms with E-state index in [0.717, 1.165) is 5.69 Å². The van der Waals surface area contributed by atoms with Crippen molar-refractivity contribution in [2.75, 3.05) is 0 Å². The van der Waals surface area contributed by atoms with E-state index in [1.54, 1.807) is 0 Å². The van der Waals surface area contributed by atoms with Crippen molar-refractivity contribution in [1.29, 1.82) is 0 Å². The highest BCUT2D eigenvalue weighted by atomic mass is 15.0. The number of nitrogens with zero attached hydrogens (tertiary/aromatic N) is 2. The topological polar surface area (TPSA) is 9.86 Å². The Balaban J connectivity index is 0.940. The van der Waals surface area contributed by atoms with Crippen molar-refractivity contribution in [2.24, 2.45) is 0 Å². The monoisotopic (exact) mass is 810 g/mol. The molecule has 2 aromatic heterocycles. The Morgan fingerprint density at radius 1 is 0.234 bits per heavy atom. The predicted molar refractivity (Wildman–Crippen MR) is 274 cm³/mol. The number of fused-ring (bicyclic) bond motifs is 15. The molecule has 0 saturated carbocycles. The van der Waals surface area contributed by atoms with Gasteiger partial charge < -0.3 is 9.13 Å². The van der Waals surface area contributed by atoms with E-state index >= 15 is 0 Å². The van der Waals surface area contributed by atoms with Gasteiger partial charge in [0.15, 0.2) is 0 Å². The van der Waals surface area contributed by atoms with E-state index in [0.29, 0.717) is 0 Å². The fourth-order valence-corrected chi connectivity index (χ4v) is 11.1. The molecule has 64 heavy (non-hydrogen) atoms. The lowest BCUT2D eigenvalue weighted by Crippen LogP contribution is -1.95. The molecule has 0 bridgehead atoms. The van der Waals surface area contributed by atoms with Crippen molar-refractivity contribution in [1.82, 2.24) is 9.13 Å². The molecule has 12 aromatic carbocycles. The Hall–Kier alpha value is -8.46. The van der Waals surface area contributed by atoms with Crippen LogP contribution in [0.4, 0.5) is 0 Å². The number of rotatable bonds is 4. The highest BCUT2D eigenvalue weighted by Crippen LogP contribution is 2.44. The minimum absolute atomic E-state index is 1.15.